The van der Waals surface area contributed by atoms with E-state index in [1.54, 1.807) is 18.2 Å². The van der Waals surface area contributed by atoms with Crippen LogP contribution in [0.2, 0.25) is 0 Å². The summed E-state index contributed by atoms with van der Waals surface area (Å²) in [6.45, 7) is 0.419. The number of phenolic OH excluding ortho intramolecular Hbond substituents is 1. The number of aromatic hydroxyl groups is 1. The van der Waals surface area contributed by atoms with Gasteiger partial charge in [-0.05, 0) is 46.4 Å². The van der Waals surface area contributed by atoms with Gasteiger partial charge in [-0.25, -0.2) is 5.43 Å². The average Bonchev–Trinajstić information content (AvgIpc) is 3.00. The molecule has 0 spiro atoms. The van der Waals surface area contributed by atoms with E-state index in [1.165, 1.54) is 6.21 Å². The molecule has 1 saturated heterocycles. The standard InChI is InChI=1S/C18H16IN3O3/c19-13-6-7-15(23)12(8-13)9-21-22-18(25)16-14(10-20-17(16)24)11-4-2-1-3-5-11/h1-9,14,16,23H,10H2,(H,20,24)(H,22,25)/b21-9-. The molecule has 0 bridgehead atoms. The van der Waals surface area contributed by atoms with Gasteiger partial charge in [0, 0.05) is 21.6 Å². The Morgan fingerprint density at radius 2 is 2.04 bits per heavy atom. The van der Waals surface area contributed by atoms with Crippen LogP contribution < -0.4 is 10.7 Å². The van der Waals surface area contributed by atoms with Gasteiger partial charge in [0.1, 0.15) is 11.7 Å². The molecular formula is C18H16IN3O3. The summed E-state index contributed by atoms with van der Waals surface area (Å²) in [5, 5.41) is 16.4. The molecule has 1 aliphatic rings. The van der Waals surface area contributed by atoms with E-state index in [1.807, 2.05) is 30.3 Å². The molecule has 0 radical (unpaired) electrons. The molecular weight excluding hydrogens is 433 g/mol. The van der Waals surface area contributed by atoms with Gasteiger partial charge in [0.25, 0.3) is 5.91 Å². The maximum absolute atomic E-state index is 12.4. The Hall–Kier alpha value is -2.42. The van der Waals surface area contributed by atoms with Gasteiger partial charge in [0.15, 0.2) is 0 Å². The molecule has 3 N–H and O–H groups in total. The molecule has 1 aliphatic heterocycles. The molecule has 1 heterocycles. The molecule has 2 atom stereocenters. The van der Waals surface area contributed by atoms with Gasteiger partial charge in [-0.2, -0.15) is 5.10 Å². The van der Waals surface area contributed by atoms with Gasteiger partial charge < -0.3 is 10.4 Å². The van der Waals surface area contributed by atoms with E-state index in [-0.39, 0.29) is 17.6 Å². The van der Waals surface area contributed by atoms with Crippen molar-refractivity contribution in [2.45, 2.75) is 5.92 Å². The number of halogens is 1. The molecule has 0 aliphatic carbocycles. The largest absolute Gasteiger partial charge is 0.507 e. The van der Waals surface area contributed by atoms with E-state index < -0.39 is 11.8 Å². The first-order valence-corrected chi connectivity index (χ1v) is 8.78. The maximum atomic E-state index is 12.4. The molecule has 2 amide bonds. The van der Waals surface area contributed by atoms with Crippen LogP contribution >= 0.6 is 22.6 Å². The second-order valence-electron chi connectivity index (χ2n) is 5.68. The minimum Gasteiger partial charge on any atom is -0.507 e. The lowest BCUT2D eigenvalue weighted by molar-refractivity contribution is -0.133. The Morgan fingerprint density at radius 1 is 1.28 bits per heavy atom. The molecule has 2 aromatic carbocycles. The van der Waals surface area contributed by atoms with Crippen molar-refractivity contribution in [1.82, 2.24) is 10.7 Å². The normalized spacial score (nSPS) is 19.8. The molecule has 1 fully saturated rings. The van der Waals surface area contributed by atoms with Gasteiger partial charge in [-0.3, -0.25) is 9.59 Å². The molecule has 7 heteroatoms. The van der Waals surface area contributed by atoms with Gasteiger partial charge in [-0.15, -0.1) is 0 Å². The minimum absolute atomic E-state index is 0.0687. The summed E-state index contributed by atoms with van der Waals surface area (Å²) in [4.78, 5) is 24.5. The second-order valence-corrected chi connectivity index (χ2v) is 6.92. The number of hydrazone groups is 1. The first-order valence-electron chi connectivity index (χ1n) is 7.70. The lowest BCUT2D eigenvalue weighted by atomic mass is 9.88. The fourth-order valence-corrected chi connectivity index (χ4v) is 3.31. The zero-order chi connectivity index (χ0) is 17.8. The van der Waals surface area contributed by atoms with E-state index in [2.05, 4.69) is 38.4 Å². The van der Waals surface area contributed by atoms with E-state index in [0.29, 0.717) is 12.1 Å². The maximum Gasteiger partial charge on any atom is 0.253 e. The second kappa shape index (κ2) is 7.64. The van der Waals surface area contributed by atoms with Crippen molar-refractivity contribution in [1.29, 1.82) is 0 Å². The smallest absolute Gasteiger partial charge is 0.253 e. The Balaban J connectivity index is 1.72. The first-order chi connectivity index (χ1) is 12.1. The molecule has 0 saturated carbocycles. The van der Waals surface area contributed by atoms with Crippen molar-refractivity contribution in [2.75, 3.05) is 6.54 Å². The average molecular weight is 449 g/mol. The van der Waals surface area contributed by atoms with Crippen LogP contribution in [0.15, 0.2) is 53.6 Å². The van der Waals surface area contributed by atoms with E-state index >= 15 is 0 Å². The molecule has 2 aromatic rings. The highest BCUT2D eigenvalue weighted by atomic mass is 127. The van der Waals surface area contributed by atoms with Crippen LogP contribution in [-0.2, 0) is 9.59 Å². The highest BCUT2D eigenvalue weighted by Crippen LogP contribution is 2.29. The van der Waals surface area contributed by atoms with Crippen LogP contribution in [0.4, 0.5) is 0 Å². The number of hydrogen-bond donors (Lipinski definition) is 3. The van der Waals surface area contributed by atoms with Gasteiger partial charge in [0.2, 0.25) is 5.91 Å². The SMILES string of the molecule is O=C1NCC(c2ccccc2)C1C(=O)N/N=C\c1cc(I)ccc1O. The highest BCUT2D eigenvalue weighted by molar-refractivity contribution is 14.1. The summed E-state index contributed by atoms with van der Waals surface area (Å²) in [6, 6.07) is 14.5. The number of carbonyl (C=O) groups excluding carboxylic acids is 2. The summed E-state index contributed by atoms with van der Waals surface area (Å²) in [5.41, 5.74) is 3.83. The number of carbonyl (C=O) groups is 2. The fraction of sp³-hybridized carbons (Fsp3) is 0.167. The summed E-state index contributed by atoms with van der Waals surface area (Å²) < 4.78 is 0.933. The topological polar surface area (TPSA) is 90.8 Å². The van der Waals surface area contributed by atoms with Crippen LogP contribution in [0.1, 0.15) is 17.0 Å². The third-order valence-corrected chi connectivity index (χ3v) is 4.73. The number of nitrogens with zero attached hydrogens (tertiary/aromatic N) is 1. The monoisotopic (exact) mass is 449 g/mol. The lowest BCUT2D eigenvalue weighted by Gasteiger charge is -2.15. The van der Waals surface area contributed by atoms with Gasteiger partial charge in [-0.1, -0.05) is 30.3 Å². The molecule has 128 valence electrons. The Bertz CT molecular complexity index is 824. The zero-order valence-corrected chi connectivity index (χ0v) is 15.3. The van der Waals surface area contributed by atoms with Gasteiger partial charge in [0.05, 0.1) is 6.21 Å². The summed E-state index contributed by atoms with van der Waals surface area (Å²) in [7, 11) is 0. The Morgan fingerprint density at radius 3 is 2.80 bits per heavy atom. The zero-order valence-electron chi connectivity index (χ0n) is 13.1. The number of phenols is 1. The van der Waals surface area contributed by atoms with Crippen molar-refractivity contribution in [3.8, 4) is 5.75 Å². The van der Waals surface area contributed by atoms with E-state index in [4.69, 9.17) is 0 Å². The Labute approximate surface area is 158 Å². The summed E-state index contributed by atoms with van der Waals surface area (Å²) >= 11 is 2.12. The molecule has 0 aromatic heterocycles. The van der Waals surface area contributed by atoms with Crippen LogP contribution in [0, 0.1) is 9.49 Å². The lowest BCUT2D eigenvalue weighted by Crippen LogP contribution is -2.34. The highest BCUT2D eigenvalue weighted by Gasteiger charge is 2.40. The number of amides is 2. The van der Waals surface area contributed by atoms with E-state index in [9.17, 15) is 14.7 Å². The summed E-state index contributed by atoms with van der Waals surface area (Å²) in [5.74, 6) is -1.76. The fourth-order valence-electron chi connectivity index (χ4n) is 2.80. The number of nitrogens with one attached hydrogen (secondary N) is 2. The van der Waals surface area contributed by atoms with Crippen molar-refractivity contribution >= 4 is 40.6 Å². The predicted octanol–water partition coefficient (Wildman–Crippen LogP) is 1.98. The van der Waals surface area contributed by atoms with Crippen molar-refractivity contribution in [3.63, 3.8) is 0 Å². The predicted molar refractivity (Wildman–Crippen MR) is 102 cm³/mol. The number of hydrogen-bond acceptors (Lipinski definition) is 4. The summed E-state index contributed by atoms with van der Waals surface area (Å²) in [6.07, 6.45) is 1.36. The van der Waals surface area contributed by atoms with Crippen molar-refractivity contribution in [3.05, 3.63) is 63.2 Å². The van der Waals surface area contributed by atoms with Crippen molar-refractivity contribution in [2.24, 2.45) is 11.0 Å². The van der Waals surface area contributed by atoms with Crippen LogP contribution in [-0.4, -0.2) is 29.7 Å². The third-order valence-electron chi connectivity index (χ3n) is 4.06. The van der Waals surface area contributed by atoms with Crippen LogP contribution in [0.3, 0.4) is 0 Å². The van der Waals surface area contributed by atoms with Crippen molar-refractivity contribution < 1.29 is 14.7 Å². The van der Waals surface area contributed by atoms with Crippen LogP contribution in [0.5, 0.6) is 5.75 Å². The third kappa shape index (κ3) is 3.98. The molecule has 3 rings (SSSR count). The van der Waals surface area contributed by atoms with Crippen LogP contribution in [0.25, 0.3) is 0 Å². The van der Waals surface area contributed by atoms with E-state index in [0.717, 1.165) is 9.13 Å². The molecule has 25 heavy (non-hydrogen) atoms. The number of benzene rings is 2. The molecule has 6 nitrogen and oxygen atoms in total. The van der Waals surface area contributed by atoms with Gasteiger partial charge >= 0.3 is 0 Å². The minimum atomic E-state index is -0.830. The Kier molecular flexibility index (Phi) is 5.32. The first kappa shape index (κ1) is 17.4. The number of rotatable bonds is 4. The quantitative estimate of drug-likeness (QED) is 0.289. The molecule has 2 unspecified atom stereocenters.